The van der Waals surface area contributed by atoms with Gasteiger partial charge in [0.2, 0.25) is 11.3 Å². The molecule has 3 aliphatic rings. The first-order valence-corrected chi connectivity index (χ1v) is 11.0. The standard InChI is InChI=1S/C25H30NO3/c27-23(25(28,20-10-3-1-4-11-20)21-12-5-2-6-13-21)29-24-16-9-14-22(15-17-24)26(24)18-7-8-19-26/h1-6,10-13,22,28H,7-9,14-19H2/q+1. The Balaban J connectivity index is 1.55. The van der Waals surface area contributed by atoms with Gasteiger partial charge in [0.05, 0.1) is 19.1 Å². The molecule has 1 N–H and O–H groups in total. The van der Waals surface area contributed by atoms with Crippen LogP contribution in [-0.4, -0.2) is 40.4 Å². The molecule has 0 amide bonds. The van der Waals surface area contributed by atoms with Crippen molar-refractivity contribution in [3.63, 3.8) is 0 Å². The van der Waals surface area contributed by atoms with Gasteiger partial charge in [-0.25, -0.2) is 4.79 Å². The van der Waals surface area contributed by atoms with E-state index in [-0.39, 0.29) is 0 Å². The van der Waals surface area contributed by atoms with E-state index >= 15 is 0 Å². The van der Waals surface area contributed by atoms with Gasteiger partial charge in [-0.3, -0.25) is 4.48 Å². The van der Waals surface area contributed by atoms with E-state index in [1.165, 1.54) is 19.3 Å². The Morgan fingerprint density at radius 3 is 2.07 bits per heavy atom. The summed E-state index contributed by atoms with van der Waals surface area (Å²) in [5.41, 5.74) is -1.14. The van der Waals surface area contributed by atoms with Crippen molar-refractivity contribution in [1.82, 2.24) is 0 Å². The quantitative estimate of drug-likeness (QED) is 0.629. The Morgan fingerprint density at radius 1 is 0.897 bits per heavy atom. The lowest BCUT2D eigenvalue weighted by Crippen LogP contribution is -2.67. The zero-order valence-electron chi connectivity index (χ0n) is 16.9. The molecule has 3 aliphatic heterocycles. The number of hydrogen-bond donors (Lipinski definition) is 1. The van der Waals surface area contributed by atoms with Crippen LogP contribution in [0.5, 0.6) is 0 Å². The molecule has 4 heteroatoms. The second kappa shape index (κ2) is 6.96. The first-order valence-electron chi connectivity index (χ1n) is 11.0. The van der Waals surface area contributed by atoms with Crippen LogP contribution in [0.1, 0.15) is 56.1 Å². The maximum Gasteiger partial charge on any atom is 0.352 e. The SMILES string of the molecule is O=C(OC12CCCC(CC1)[N+]21CCCC1)C(O)(c1ccccc1)c1ccccc1. The molecule has 2 atom stereocenters. The van der Waals surface area contributed by atoms with Gasteiger partial charge >= 0.3 is 5.97 Å². The van der Waals surface area contributed by atoms with Crippen molar-refractivity contribution in [3.05, 3.63) is 71.8 Å². The number of carbonyl (C=O) groups is 1. The number of quaternary nitrogens is 1. The number of carbonyl (C=O) groups excluding carboxylic acids is 1. The highest BCUT2D eigenvalue weighted by Gasteiger charge is 2.66. The fourth-order valence-electron chi connectivity index (χ4n) is 6.42. The van der Waals surface area contributed by atoms with Crippen molar-refractivity contribution >= 4 is 5.97 Å². The number of piperidine rings is 1. The van der Waals surface area contributed by atoms with E-state index in [2.05, 4.69) is 0 Å². The van der Waals surface area contributed by atoms with Crippen LogP contribution >= 0.6 is 0 Å². The molecule has 1 spiro atoms. The molecule has 0 saturated carbocycles. The summed E-state index contributed by atoms with van der Waals surface area (Å²) in [5.74, 6) is -0.526. The fourth-order valence-corrected chi connectivity index (χ4v) is 6.42. The molecular formula is C25H30NO3+. The summed E-state index contributed by atoms with van der Waals surface area (Å²) in [4.78, 5) is 13.8. The largest absolute Gasteiger partial charge is 0.407 e. The first-order chi connectivity index (χ1) is 14.1. The van der Waals surface area contributed by atoms with Gasteiger partial charge < -0.3 is 9.84 Å². The summed E-state index contributed by atoms with van der Waals surface area (Å²) >= 11 is 0. The van der Waals surface area contributed by atoms with E-state index in [9.17, 15) is 9.90 Å². The average molecular weight is 393 g/mol. The summed E-state index contributed by atoms with van der Waals surface area (Å²) in [6.07, 6.45) is 7.71. The van der Waals surface area contributed by atoms with Gasteiger partial charge in [0.1, 0.15) is 0 Å². The van der Waals surface area contributed by atoms with Gasteiger partial charge in [-0.05, 0) is 24.0 Å². The van der Waals surface area contributed by atoms with Crippen LogP contribution < -0.4 is 0 Å². The van der Waals surface area contributed by atoms with E-state index < -0.39 is 17.3 Å². The molecule has 5 rings (SSSR count). The summed E-state index contributed by atoms with van der Waals surface area (Å²) in [5, 5.41) is 11.8. The van der Waals surface area contributed by atoms with Crippen molar-refractivity contribution in [2.75, 3.05) is 13.1 Å². The molecule has 3 heterocycles. The summed E-state index contributed by atoms with van der Waals surface area (Å²) in [6.45, 7) is 2.21. The zero-order valence-corrected chi connectivity index (χ0v) is 16.9. The van der Waals surface area contributed by atoms with Crippen molar-refractivity contribution < 1.29 is 19.1 Å². The third-order valence-corrected chi connectivity index (χ3v) is 7.81. The predicted octanol–water partition coefficient (Wildman–Crippen LogP) is 4.12. The predicted molar refractivity (Wildman–Crippen MR) is 111 cm³/mol. The normalized spacial score (nSPS) is 27.8. The molecule has 2 bridgehead atoms. The molecule has 152 valence electrons. The van der Waals surface area contributed by atoms with E-state index in [1.807, 2.05) is 60.7 Å². The van der Waals surface area contributed by atoms with E-state index in [0.717, 1.165) is 43.3 Å². The molecule has 0 radical (unpaired) electrons. The van der Waals surface area contributed by atoms with E-state index in [1.54, 1.807) is 0 Å². The molecule has 0 aromatic heterocycles. The third kappa shape index (κ3) is 2.69. The van der Waals surface area contributed by atoms with Crippen LogP contribution in [0.3, 0.4) is 0 Å². The minimum atomic E-state index is -1.80. The van der Waals surface area contributed by atoms with Gasteiger partial charge in [0.25, 0.3) is 0 Å². The minimum Gasteiger partial charge on any atom is -0.407 e. The van der Waals surface area contributed by atoms with E-state index in [4.69, 9.17) is 4.74 Å². The molecule has 2 aromatic rings. The van der Waals surface area contributed by atoms with Gasteiger partial charge in [0, 0.05) is 32.1 Å². The van der Waals surface area contributed by atoms with Crippen molar-refractivity contribution in [2.45, 2.75) is 62.3 Å². The van der Waals surface area contributed by atoms with Gasteiger partial charge in [0.15, 0.2) is 0 Å². The van der Waals surface area contributed by atoms with Crippen LogP contribution in [0.4, 0.5) is 0 Å². The second-order valence-corrected chi connectivity index (χ2v) is 9.05. The lowest BCUT2D eigenvalue weighted by Gasteiger charge is -2.51. The molecule has 2 unspecified atom stereocenters. The van der Waals surface area contributed by atoms with Gasteiger partial charge in [-0.15, -0.1) is 0 Å². The lowest BCUT2D eigenvalue weighted by atomic mass is 9.86. The third-order valence-electron chi connectivity index (χ3n) is 7.81. The number of nitrogens with zero attached hydrogens (tertiary/aromatic N) is 1. The van der Waals surface area contributed by atoms with Gasteiger partial charge in [-0.1, -0.05) is 60.7 Å². The molecule has 3 saturated heterocycles. The summed E-state index contributed by atoms with van der Waals surface area (Å²) < 4.78 is 7.41. The van der Waals surface area contributed by atoms with Crippen molar-refractivity contribution in [3.8, 4) is 0 Å². The zero-order chi connectivity index (χ0) is 20.0. The van der Waals surface area contributed by atoms with Crippen LogP contribution in [0.15, 0.2) is 60.7 Å². The highest BCUT2D eigenvalue weighted by molar-refractivity contribution is 5.85. The Kier molecular flexibility index (Phi) is 4.52. The first kappa shape index (κ1) is 18.8. The Morgan fingerprint density at radius 2 is 1.48 bits per heavy atom. The minimum absolute atomic E-state index is 0.464. The summed E-state index contributed by atoms with van der Waals surface area (Å²) in [7, 11) is 0. The average Bonchev–Trinajstić information content (AvgIpc) is 3.29. The second-order valence-electron chi connectivity index (χ2n) is 9.05. The number of ether oxygens (including phenoxy) is 1. The number of hydrogen-bond acceptors (Lipinski definition) is 3. The van der Waals surface area contributed by atoms with Crippen LogP contribution in [0.25, 0.3) is 0 Å². The Hall–Kier alpha value is -2.17. The molecule has 0 aliphatic carbocycles. The number of benzene rings is 2. The highest BCUT2D eigenvalue weighted by atomic mass is 16.6. The Bertz CT molecular complexity index is 832. The number of aliphatic hydroxyl groups is 1. The van der Waals surface area contributed by atoms with Crippen LogP contribution in [0.2, 0.25) is 0 Å². The molecule has 2 aromatic carbocycles. The molecule has 3 fully saturated rings. The smallest absolute Gasteiger partial charge is 0.352 e. The summed E-state index contributed by atoms with van der Waals surface area (Å²) in [6, 6.07) is 19.1. The monoisotopic (exact) mass is 392 g/mol. The number of esters is 1. The maximum absolute atomic E-state index is 13.8. The Labute approximate surface area is 172 Å². The van der Waals surface area contributed by atoms with Crippen LogP contribution in [-0.2, 0) is 15.1 Å². The molecule has 4 nitrogen and oxygen atoms in total. The fraction of sp³-hybridized carbons (Fsp3) is 0.480. The van der Waals surface area contributed by atoms with Crippen molar-refractivity contribution in [2.24, 2.45) is 0 Å². The lowest BCUT2D eigenvalue weighted by molar-refractivity contribution is -0.999. The van der Waals surface area contributed by atoms with E-state index in [0.29, 0.717) is 17.2 Å². The van der Waals surface area contributed by atoms with Gasteiger partial charge in [-0.2, -0.15) is 0 Å². The molecular weight excluding hydrogens is 362 g/mol. The topological polar surface area (TPSA) is 46.5 Å². The van der Waals surface area contributed by atoms with Crippen molar-refractivity contribution in [1.29, 1.82) is 0 Å². The maximum atomic E-state index is 13.8. The number of rotatable bonds is 4. The highest BCUT2D eigenvalue weighted by Crippen LogP contribution is 2.54. The molecule has 29 heavy (non-hydrogen) atoms. The van der Waals surface area contributed by atoms with Crippen LogP contribution in [0, 0.1) is 0 Å².